The largest absolute Gasteiger partial charge is 0.370 e. The summed E-state index contributed by atoms with van der Waals surface area (Å²) in [5.74, 6) is 3.02. The van der Waals surface area contributed by atoms with E-state index in [1.807, 2.05) is 44.2 Å². The molecule has 3 aromatic heterocycles. The highest BCUT2D eigenvalue weighted by atomic mass is 16.1. The lowest BCUT2D eigenvalue weighted by Crippen LogP contribution is -2.23. The highest BCUT2D eigenvalue weighted by Gasteiger charge is 2.23. The highest BCUT2D eigenvalue weighted by molar-refractivity contribution is 5.56. The van der Waals surface area contributed by atoms with Crippen molar-refractivity contribution in [3.05, 3.63) is 64.3 Å². The molecule has 150 valence electrons. The maximum Gasteiger partial charge on any atom is 0.251 e. The number of nitrogens with one attached hydrogen (secondary N) is 2. The topological polar surface area (TPSA) is 86.8 Å². The van der Waals surface area contributed by atoms with Gasteiger partial charge in [0, 0.05) is 48.8 Å². The van der Waals surface area contributed by atoms with E-state index in [1.54, 1.807) is 6.20 Å². The third-order valence-corrected chi connectivity index (χ3v) is 5.25. The van der Waals surface area contributed by atoms with E-state index in [0.717, 1.165) is 61.1 Å². The van der Waals surface area contributed by atoms with Crippen molar-refractivity contribution in [3.63, 3.8) is 0 Å². The van der Waals surface area contributed by atoms with Crippen LogP contribution in [0, 0.1) is 12.8 Å². The Morgan fingerprint density at radius 2 is 2.14 bits per heavy atom. The third kappa shape index (κ3) is 4.62. The Bertz CT molecular complexity index is 1030. The standard InChI is InChI=1S/C22H26N6O/c1-3-18-11-21(29)27-22(26-18)17-7-8-20(24-13-17)28-10-9-16(14-28)12-23-19-6-4-5-15(2)25-19/h4-8,11,13,16H,3,9-10,12,14H2,1-2H3,(H,23,25)(H,26,27,29). The summed E-state index contributed by atoms with van der Waals surface area (Å²) < 4.78 is 0. The van der Waals surface area contributed by atoms with Crippen LogP contribution in [0.5, 0.6) is 0 Å². The van der Waals surface area contributed by atoms with Gasteiger partial charge >= 0.3 is 0 Å². The van der Waals surface area contributed by atoms with E-state index in [2.05, 4.69) is 30.2 Å². The normalized spacial score (nSPS) is 16.2. The van der Waals surface area contributed by atoms with Gasteiger partial charge in [-0.25, -0.2) is 15.0 Å². The Morgan fingerprint density at radius 1 is 1.24 bits per heavy atom. The van der Waals surface area contributed by atoms with Crippen LogP contribution in [0.4, 0.5) is 11.6 Å². The number of hydrogen-bond donors (Lipinski definition) is 2. The van der Waals surface area contributed by atoms with E-state index in [0.29, 0.717) is 11.7 Å². The quantitative estimate of drug-likeness (QED) is 0.673. The second-order valence-corrected chi connectivity index (χ2v) is 7.49. The van der Waals surface area contributed by atoms with Crippen molar-refractivity contribution >= 4 is 11.6 Å². The minimum Gasteiger partial charge on any atom is -0.370 e. The number of pyridine rings is 2. The zero-order chi connectivity index (χ0) is 20.2. The molecule has 0 radical (unpaired) electrons. The molecule has 0 aromatic carbocycles. The first-order chi connectivity index (χ1) is 14.1. The van der Waals surface area contributed by atoms with Crippen LogP contribution in [-0.4, -0.2) is 39.6 Å². The fraction of sp³-hybridized carbons (Fsp3) is 0.364. The van der Waals surface area contributed by atoms with Crippen LogP contribution in [0.1, 0.15) is 24.7 Å². The fourth-order valence-corrected chi connectivity index (χ4v) is 3.64. The van der Waals surface area contributed by atoms with Crippen molar-refractivity contribution in [2.45, 2.75) is 26.7 Å². The molecular formula is C22H26N6O. The molecule has 4 heterocycles. The summed E-state index contributed by atoms with van der Waals surface area (Å²) in [5.41, 5.74) is 2.50. The summed E-state index contributed by atoms with van der Waals surface area (Å²) in [6.45, 7) is 6.84. The maximum atomic E-state index is 11.8. The van der Waals surface area contributed by atoms with Crippen LogP contribution in [-0.2, 0) is 6.42 Å². The predicted molar refractivity (Wildman–Crippen MR) is 115 cm³/mol. The number of H-pyrrole nitrogens is 1. The molecule has 1 aliphatic rings. The highest BCUT2D eigenvalue weighted by Crippen LogP contribution is 2.24. The minimum atomic E-state index is -0.131. The van der Waals surface area contributed by atoms with Crippen molar-refractivity contribution in [1.82, 2.24) is 19.9 Å². The summed E-state index contributed by atoms with van der Waals surface area (Å²) in [6, 6.07) is 11.5. The molecule has 0 bridgehead atoms. The van der Waals surface area contributed by atoms with Crippen LogP contribution >= 0.6 is 0 Å². The fourth-order valence-electron chi connectivity index (χ4n) is 3.64. The Kier molecular flexibility index (Phi) is 5.55. The van der Waals surface area contributed by atoms with Crippen molar-refractivity contribution < 1.29 is 0 Å². The molecule has 3 aromatic rings. The van der Waals surface area contributed by atoms with E-state index in [9.17, 15) is 4.79 Å². The molecule has 0 spiro atoms. The molecular weight excluding hydrogens is 364 g/mol. The van der Waals surface area contributed by atoms with Crippen LogP contribution < -0.4 is 15.8 Å². The van der Waals surface area contributed by atoms with E-state index in [4.69, 9.17) is 0 Å². The monoisotopic (exact) mass is 390 g/mol. The molecule has 1 aliphatic heterocycles. The van der Waals surface area contributed by atoms with Gasteiger partial charge in [-0.3, -0.25) is 4.79 Å². The van der Waals surface area contributed by atoms with Crippen LogP contribution in [0.25, 0.3) is 11.4 Å². The first-order valence-corrected chi connectivity index (χ1v) is 10.1. The maximum absolute atomic E-state index is 11.8. The van der Waals surface area contributed by atoms with Gasteiger partial charge in [-0.05, 0) is 49.9 Å². The van der Waals surface area contributed by atoms with E-state index < -0.39 is 0 Å². The molecule has 1 fully saturated rings. The lowest BCUT2D eigenvalue weighted by Gasteiger charge is -2.18. The summed E-state index contributed by atoms with van der Waals surface area (Å²) in [4.78, 5) is 30.5. The van der Waals surface area contributed by atoms with Crippen molar-refractivity contribution in [2.24, 2.45) is 5.92 Å². The Morgan fingerprint density at radius 3 is 2.90 bits per heavy atom. The second-order valence-electron chi connectivity index (χ2n) is 7.49. The van der Waals surface area contributed by atoms with Gasteiger partial charge < -0.3 is 15.2 Å². The minimum absolute atomic E-state index is 0.131. The number of anilines is 2. The molecule has 2 N–H and O–H groups in total. The lowest BCUT2D eigenvalue weighted by molar-refractivity contribution is 0.620. The molecule has 0 saturated carbocycles. The zero-order valence-electron chi connectivity index (χ0n) is 16.9. The van der Waals surface area contributed by atoms with Gasteiger partial charge in [0.15, 0.2) is 0 Å². The smallest absolute Gasteiger partial charge is 0.251 e. The molecule has 7 nitrogen and oxygen atoms in total. The molecule has 1 saturated heterocycles. The zero-order valence-corrected chi connectivity index (χ0v) is 16.9. The number of nitrogens with zero attached hydrogens (tertiary/aromatic N) is 4. The molecule has 1 unspecified atom stereocenters. The summed E-state index contributed by atoms with van der Waals surface area (Å²) >= 11 is 0. The lowest BCUT2D eigenvalue weighted by atomic mass is 10.1. The molecule has 29 heavy (non-hydrogen) atoms. The Balaban J connectivity index is 1.38. The Hall–Kier alpha value is -3.22. The average Bonchev–Trinajstić information content (AvgIpc) is 3.21. The van der Waals surface area contributed by atoms with Gasteiger partial charge in [0.25, 0.3) is 5.56 Å². The number of aryl methyl sites for hydroxylation is 2. The summed E-state index contributed by atoms with van der Waals surface area (Å²) in [7, 11) is 0. The van der Waals surface area contributed by atoms with Gasteiger partial charge in [0.1, 0.15) is 17.5 Å². The number of aromatic amines is 1. The van der Waals surface area contributed by atoms with Crippen molar-refractivity contribution in [1.29, 1.82) is 0 Å². The van der Waals surface area contributed by atoms with Crippen LogP contribution in [0.15, 0.2) is 47.4 Å². The van der Waals surface area contributed by atoms with Gasteiger partial charge in [-0.15, -0.1) is 0 Å². The first-order valence-electron chi connectivity index (χ1n) is 10.1. The predicted octanol–water partition coefficient (Wildman–Crippen LogP) is 3.04. The van der Waals surface area contributed by atoms with E-state index >= 15 is 0 Å². The molecule has 7 heteroatoms. The van der Waals surface area contributed by atoms with E-state index in [1.165, 1.54) is 6.07 Å². The van der Waals surface area contributed by atoms with Crippen molar-refractivity contribution in [3.8, 4) is 11.4 Å². The second kappa shape index (κ2) is 8.43. The SMILES string of the molecule is CCc1cc(=O)[nH]c(-c2ccc(N3CCC(CNc4cccc(C)n4)C3)nc2)n1. The van der Waals surface area contributed by atoms with Gasteiger partial charge in [0.2, 0.25) is 0 Å². The van der Waals surface area contributed by atoms with Crippen LogP contribution in [0.2, 0.25) is 0 Å². The number of hydrogen-bond acceptors (Lipinski definition) is 6. The molecule has 0 amide bonds. The van der Waals surface area contributed by atoms with Crippen molar-refractivity contribution in [2.75, 3.05) is 29.9 Å². The first kappa shape index (κ1) is 19.1. The summed E-state index contributed by atoms with van der Waals surface area (Å²) in [5, 5.41) is 3.45. The molecule has 4 rings (SSSR count). The molecule has 1 atom stereocenters. The van der Waals surface area contributed by atoms with Gasteiger partial charge in [0.05, 0.1) is 0 Å². The number of aromatic nitrogens is 4. The Labute approximate surface area is 170 Å². The van der Waals surface area contributed by atoms with Crippen LogP contribution in [0.3, 0.4) is 0 Å². The summed E-state index contributed by atoms with van der Waals surface area (Å²) in [6.07, 6.45) is 3.63. The van der Waals surface area contributed by atoms with Gasteiger partial charge in [-0.2, -0.15) is 0 Å². The molecule has 0 aliphatic carbocycles. The third-order valence-electron chi connectivity index (χ3n) is 5.25. The van der Waals surface area contributed by atoms with Gasteiger partial charge in [-0.1, -0.05) is 13.0 Å². The van der Waals surface area contributed by atoms with E-state index in [-0.39, 0.29) is 5.56 Å². The number of rotatable bonds is 6. The average molecular weight is 390 g/mol.